The van der Waals surface area contributed by atoms with Crippen molar-refractivity contribution in [2.75, 3.05) is 0 Å². The van der Waals surface area contributed by atoms with Crippen molar-refractivity contribution in [1.82, 2.24) is 9.55 Å². The van der Waals surface area contributed by atoms with Gasteiger partial charge in [0.25, 0.3) is 11.4 Å². The Morgan fingerprint density at radius 3 is 2.34 bits per heavy atom. The number of nitrogens with zero attached hydrogens (tertiary/aromatic N) is 1. The molecular formula is C9H16B3FN2O11P2S. The summed E-state index contributed by atoms with van der Waals surface area (Å²) < 4.78 is 52.4. The van der Waals surface area contributed by atoms with Crippen LogP contribution in [0.2, 0.25) is 0 Å². The van der Waals surface area contributed by atoms with E-state index in [1.165, 1.54) is 0 Å². The molecule has 1 aromatic rings. The van der Waals surface area contributed by atoms with Gasteiger partial charge in [0.05, 0.1) is 5.40 Å². The van der Waals surface area contributed by atoms with E-state index in [1.807, 2.05) is 0 Å². The number of ether oxygens (including phenoxy) is 1. The average Bonchev–Trinajstić information content (AvgIpc) is 2.66. The van der Waals surface area contributed by atoms with Gasteiger partial charge in [-0.2, -0.15) is 4.31 Å². The molecule has 1 unspecified atom stereocenters. The molecular weight excluding hydrogens is 458 g/mol. The second-order valence-electron chi connectivity index (χ2n) is 6.81. The SMILES string of the molecule is BC(B)(OP(=O)(O)OP(=O)(O)O)[C@@]1(F)O[C@@](B)(n2ccc(=O)[nH]c2=S)[C@H](O)[C@@H]1O. The fourth-order valence-electron chi connectivity index (χ4n) is 2.86. The molecule has 2 rings (SSSR count). The van der Waals surface area contributed by atoms with Crippen molar-refractivity contribution in [3.05, 3.63) is 27.4 Å². The minimum atomic E-state index is -5.56. The Bertz CT molecular complexity index is 1020. The first-order chi connectivity index (χ1) is 12.8. The Morgan fingerprint density at radius 1 is 1.31 bits per heavy atom. The highest BCUT2D eigenvalue weighted by molar-refractivity contribution is 7.71. The third-order valence-electron chi connectivity index (χ3n) is 4.26. The number of aliphatic hydroxyl groups excluding tert-OH is 2. The standard InChI is InChI=1S/C9H16B3FN2O11P2S/c10-8(15-2-1-3(16)14-6(15)29)5(18)4(17)7(13,24-8)9(11,12)25-28(22,23)26-27(19,20)21/h1-2,4-5,17-18H,10-12H2,(H,22,23)(H,14,16,29)(H2,19,20,21)/t4-,5+,7-,8-/m0/s1. The van der Waals surface area contributed by atoms with Gasteiger partial charge in [-0.25, -0.2) is 13.5 Å². The van der Waals surface area contributed by atoms with E-state index >= 15 is 4.39 Å². The van der Waals surface area contributed by atoms with Crippen LogP contribution in [-0.2, 0) is 28.3 Å². The van der Waals surface area contributed by atoms with Gasteiger partial charge >= 0.3 is 15.6 Å². The van der Waals surface area contributed by atoms with Gasteiger partial charge in [0.1, 0.15) is 33.5 Å². The summed E-state index contributed by atoms with van der Waals surface area (Å²) in [5.74, 6) is -3.41. The molecule has 1 aliphatic heterocycles. The van der Waals surface area contributed by atoms with Gasteiger partial charge in [0, 0.05) is 12.3 Å². The Kier molecular flexibility index (Phi) is 6.37. The van der Waals surface area contributed by atoms with Crippen LogP contribution in [0.25, 0.3) is 0 Å². The lowest BCUT2D eigenvalue weighted by molar-refractivity contribution is -0.239. The summed E-state index contributed by atoms with van der Waals surface area (Å²) >= 11 is 4.95. The Balaban J connectivity index is 2.47. The van der Waals surface area contributed by atoms with Crippen molar-refractivity contribution in [2.45, 2.75) is 29.1 Å². The minimum Gasteiger partial charge on any atom is -0.386 e. The first-order valence-corrected chi connectivity index (χ1v) is 11.2. The van der Waals surface area contributed by atoms with Gasteiger partial charge < -0.3 is 34.2 Å². The zero-order valence-electron chi connectivity index (χ0n) is 15.1. The highest BCUT2D eigenvalue weighted by Crippen LogP contribution is 2.61. The number of alkyl halides is 1. The minimum absolute atomic E-state index is 0.299. The van der Waals surface area contributed by atoms with Gasteiger partial charge in [-0.15, -0.1) is 0 Å². The molecule has 20 heteroatoms. The smallest absolute Gasteiger partial charge is 0.386 e. The lowest BCUT2D eigenvalue weighted by atomic mass is 9.59. The monoisotopic (exact) mass is 474 g/mol. The van der Waals surface area contributed by atoms with E-state index in [0.717, 1.165) is 40.4 Å². The first-order valence-electron chi connectivity index (χ1n) is 7.73. The number of phosphoric acid groups is 2. The Hall–Kier alpha value is -0.635. The van der Waals surface area contributed by atoms with Gasteiger partial charge in [-0.05, 0) is 12.2 Å². The maximum absolute atomic E-state index is 15.7. The Morgan fingerprint density at radius 2 is 1.86 bits per heavy atom. The van der Waals surface area contributed by atoms with Crippen LogP contribution in [0.4, 0.5) is 4.39 Å². The largest absolute Gasteiger partial charge is 0.480 e. The summed E-state index contributed by atoms with van der Waals surface area (Å²) in [7, 11) is -8.33. The van der Waals surface area contributed by atoms with Crippen LogP contribution in [0.5, 0.6) is 0 Å². The van der Waals surface area contributed by atoms with E-state index in [9.17, 15) is 29.0 Å². The lowest BCUT2D eigenvalue weighted by Gasteiger charge is -2.40. The maximum atomic E-state index is 15.7. The summed E-state index contributed by atoms with van der Waals surface area (Å²) in [6.45, 7) is 0. The van der Waals surface area contributed by atoms with Crippen LogP contribution >= 0.6 is 27.9 Å². The highest BCUT2D eigenvalue weighted by atomic mass is 32.1. The number of halogens is 1. The van der Waals surface area contributed by atoms with Crippen molar-refractivity contribution in [3.63, 3.8) is 0 Å². The second kappa shape index (κ2) is 7.50. The number of nitrogens with one attached hydrogen (secondary N) is 1. The molecule has 6 N–H and O–H groups in total. The molecule has 0 saturated carbocycles. The zero-order chi connectivity index (χ0) is 22.6. The van der Waals surface area contributed by atoms with Crippen LogP contribution in [0.15, 0.2) is 17.1 Å². The topological polar surface area (TPSA) is 201 Å². The number of aromatic nitrogens is 2. The van der Waals surface area contributed by atoms with E-state index in [-0.39, 0.29) is 4.77 Å². The van der Waals surface area contributed by atoms with Crippen LogP contribution in [0.1, 0.15) is 0 Å². The van der Waals surface area contributed by atoms with Crippen LogP contribution in [-0.4, -0.2) is 81.4 Å². The maximum Gasteiger partial charge on any atom is 0.480 e. The summed E-state index contributed by atoms with van der Waals surface area (Å²) in [6, 6.07) is 0.985. The number of H-pyrrole nitrogens is 1. The number of hydrogen-bond donors (Lipinski definition) is 6. The van der Waals surface area contributed by atoms with Crippen LogP contribution < -0.4 is 5.56 Å². The molecule has 0 amide bonds. The van der Waals surface area contributed by atoms with Crippen molar-refractivity contribution in [2.24, 2.45) is 0 Å². The molecule has 1 saturated heterocycles. The van der Waals surface area contributed by atoms with Crippen molar-refractivity contribution < 1.29 is 52.0 Å². The lowest BCUT2D eigenvalue weighted by Crippen LogP contribution is -2.60. The third kappa shape index (κ3) is 4.68. The number of aromatic amines is 1. The number of aliphatic hydroxyl groups is 2. The van der Waals surface area contributed by atoms with Crippen molar-refractivity contribution in [3.8, 4) is 0 Å². The molecule has 13 nitrogen and oxygen atoms in total. The first kappa shape index (κ1) is 24.6. The molecule has 5 atom stereocenters. The average molecular weight is 474 g/mol. The summed E-state index contributed by atoms with van der Waals surface area (Å²) in [4.78, 5) is 40.4. The molecule has 0 spiro atoms. The predicted octanol–water partition coefficient (Wildman–Crippen LogP) is -4.29. The Labute approximate surface area is 169 Å². The normalized spacial score (nSPS) is 32.8. The van der Waals surface area contributed by atoms with Gasteiger partial charge in [0.2, 0.25) is 0 Å². The second-order valence-corrected chi connectivity index (χ2v) is 9.95. The predicted molar refractivity (Wildman–Crippen MR) is 103 cm³/mol. The van der Waals surface area contributed by atoms with E-state index < -0.39 is 50.3 Å². The van der Waals surface area contributed by atoms with Crippen LogP contribution in [0, 0.1) is 4.77 Å². The van der Waals surface area contributed by atoms with E-state index in [4.69, 9.17) is 26.7 Å². The van der Waals surface area contributed by atoms with E-state index in [1.54, 1.807) is 0 Å². The molecule has 2 heterocycles. The van der Waals surface area contributed by atoms with Crippen molar-refractivity contribution >= 4 is 51.4 Å². The van der Waals surface area contributed by atoms with E-state index in [0.29, 0.717) is 0 Å². The molecule has 29 heavy (non-hydrogen) atoms. The quantitative estimate of drug-likeness (QED) is 0.132. The molecule has 1 aromatic heterocycles. The molecule has 160 valence electrons. The third-order valence-corrected chi connectivity index (χ3v) is 6.92. The van der Waals surface area contributed by atoms with E-state index in [2.05, 4.69) is 13.8 Å². The van der Waals surface area contributed by atoms with Crippen LogP contribution in [0.3, 0.4) is 0 Å². The fraction of sp³-hybridized carbons (Fsp3) is 0.556. The molecule has 1 fully saturated rings. The van der Waals surface area contributed by atoms with Gasteiger partial charge in [-0.3, -0.25) is 14.3 Å². The molecule has 0 aromatic carbocycles. The molecule has 0 bridgehead atoms. The van der Waals surface area contributed by atoms with Gasteiger partial charge in [0.15, 0.2) is 12.6 Å². The summed E-state index contributed by atoms with van der Waals surface area (Å²) in [5.41, 5.74) is -2.73. The molecule has 0 aliphatic carbocycles. The fourth-order valence-corrected chi connectivity index (χ4v) is 5.11. The number of hydrogen-bond acceptors (Lipinski definition) is 9. The highest BCUT2D eigenvalue weighted by Gasteiger charge is 2.69. The van der Waals surface area contributed by atoms with Gasteiger partial charge in [-0.1, -0.05) is 0 Å². The van der Waals surface area contributed by atoms with Crippen molar-refractivity contribution in [1.29, 1.82) is 0 Å². The summed E-state index contributed by atoms with van der Waals surface area (Å²) in [5, 5.41) is 18.1. The summed E-state index contributed by atoms with van der Waals surface area (Å²) in [6.07, 6.45) is -3.37. The number of rotatable bonds is 6. The number of phosphoric ester groups is 1. The zero-order valence-corrected chi connectivity index (χ0v) is 17.7. The molecule has 1 aliphatic rings. The molecule has 0 radical (unpaired) electrons.